The van der Waals surface area contributed by atoms with Crippen molar-refractivity contribution in [1.82, 2.24) is 0 Å². The molecule has 0 aliphatic rings. The minimum absolute atomic E-state index is 0.0316. The molecule has 5 N–H and O–H groups in total. The summed E-state index contributed by atoms with van der Waals surface area (Å²) in [6.07, 6.45) is 0. The van der Waals surface area contributed by atoms with Crippen LogP contribution >= 0.6 is 0 Å². The maximum Gasteiger partial charge on any atom is 0.365 e. The van der Waals surface area contributed by atoms with Gasteiger partial charge < -0.3 is 30.6 Å². The highest BCUT2D eigenvalue weighted by atomic mass is 16.5. The van der Waals surface area contributed by atoms with Gasteiger partial charge >= 0.3 is 13.8 Å². The highest BCUT2D eigenvalue weighted by Gasteiger charge is 2.26. The molecule has 0 saturated heterocycles. The van der Waals surface area contributed by atoms with Gasteiger partial charge in [-0.25, -0.2) is 0 Å². The first kappa shape index (κ1) is 22.5. The molecule has 2 rings (SSSR count). The predicted molar refractivity (Wildman–Crippen MR) is 116 cm³/mol. The Labute approximate surface area is 168 Å². The molecule has 0 spiro atoms. The number of hydrogen-bond acceptors (Lipinski definition) is 6. The fourth-order valence-corrected chi connectivity index (χ4v) is 3.13. The molecule has 0 heterocycles. The van der Waals surface area contributed by atoms with Gasteiger partial charge in [-0.05, 0) is 40.5 Å². The second-order valence-electron chi connectivity index (χ2n) is 6.69. The Bertz CT molecular complexity index is 744. The summed E-state index contributed by atoms with van der Waals surface area (Å²) in [6.45, 7) is 5.38. The largest absolute Gasteiger partial charge is 0.497 e. The molecular weight excluding hydrogens is 354 g/mol. The van der Waals surface area contributed by atoms with E-state index in [0.717, 1.165) is 33.3 Å². The van der Waals surface area contributed by atoms with Crippen LogP contribution in [0.5, 0.6) is 5.75 Å². The summed E-state index contributed by atoms with van der Waals surface area (Å²) in [5.74, 6) is 0.723. The zero-order valence-corrected chi connectivity index (χ0v) is 17.0. The molecule has 2 aromatic carbocycles. The number of aryl methyl sites for hydroxylation is 1. The van der Waals surface area contributed by atoms with Gasteiger partial charge in [-0.1, -0.05) is 37.2 Å². The molecule has 0 amide bonds. The second-order valence-corrected chi connectivity index (χ2v) is 6.69. The lowest BCUT2D eigenvalue weighted by Gasteiger charge is -2.20. The zero-order valence-electron chi connectivity index (χ0n) is 17.0. The number of nitrogens with two attached hydrogens (primary N) is 2. The Hall–Kier alpha value is -1.83. The molecule has 0 aliphatic carbocycles. The van der Waals surface area contributed by atoms with Gasteiger partial charge in [0.05, 0.1) is 13.7 Å². The van der Waals surface area contributed by atoms with Gasteiger partial charge in [0.25, 0.3) is 0 Å². The van der Waals surface area contributed by atoms with Crippen molar-refractivity contribution in [3.63, 3.8) is 0 Å². The van der Waals surface area contributed by atoms with Crippen molar-refractivity contribution in [2.75, 3.05) is 33.4 Å². The van der Waals surface area contributed by atoms with E-state index in [9.17, 15) is 5.11 Å². The summed E-state index contributed by atoms with van der Waals surface area (Å²) in [7, 11) is 1.64. The van der Waals surface area contributed by atoms with Crippen LogP contribution in [0.25, 0.3) is 0 Å². The Morgan fingerprint density at radius 2 is 1.57 bits per heavy atom. The summed E-state index contributed by atoms with van der Waals surface area (Å²) in [5.41, 5.74) is 15.9. The Kier molecular flexibility index (Phi) is 9.02. The number of benzene rings is 2. The van der Waals surface area contributed by atoms with Crippen LogP contribution in [0.1, 0.15) is 11.1 Å². The lowest BCUT2D eigenvalue weighted by Crippen LogP contribution is -2.47. The summed E-state index contributed by atoms with van der Waals surface area (Å²) in [4.78, 5) is 0. The molecule has 0 bridgehead atoms. The van der Waals surface area contributed by atoms with Crippen LogP contribution in [0.3, 0.4) is 0 Å². The standard InChI is InChI=1S/C20H30B2N2O4/c1-15-12-20(26-3)19(13-16(15)14-25)22(28-11-9-24)18-6-4-17(5-7-18)21(2)27-10-8-23/h4-7,12-13,25H,8-11,14,23-24H2,1-3H3. The Morgan fingerprint density at radius 1 is 0.964 bits per heavy atom. The van der Waals surface area contributed by atoms with Crippen molar-refractivity contribution < 1.29 is 19.2 Å². The average molecular weight is 384 g/mol. The fourth-order valence-electron chi connectivity index (χ4n) is 3.13. The Balaban J connectivity index is 2.39. The Morgan fingerprint density at radius 3 is 2.14 bits per heavy atom. The van der Waals surface area contributed by atoms with E-state index in [-0.39, 0.29) is 20.4 Å². The maximum absolute atomic E-state index is 9.68. The van der Waals surface area contributed by atoms with E-state index in [1.165, 1.54) is 0 Å². The van der Waals surface area contributed by atoms with Crippen molar-refractivity contribution in [2.24, 2.45) is 11.5 Å². The first-order chi connectivity index (χ1) is 13.5. The minimum Gasteiger partial charge on any atom is -0.497 e. The second kappa shape index (κ2) is 11.2. The first-order valence-corrected chi connectivity index (χ1v) is 9.57. The third-order valence-electron chi connectivity index (χ3n) is 4.74. The van der Waals surface area contributed by atoms with E-state index in [1.54, 1.807) is 7.11 Å². The normalized spacial score (nSPS) is 10.8. The van der Waals surface area contributed by atoms with Crippen LogP contribution < -0.4 is 32.6 Å². The number of aliphatic hydroxyl groups is 1. The predicted octanol–water partition coefficient (Wildman–Crippen LogP) is -0.619. The van der Waals surface area contributed by atoms with E-state index in [4.69, 9.17) is 25.5 Å². The third kappa shape index (κ3) is 5.59. The van der Waals surface area contributed by atoms with Gasteiger partial charge in [0.15, 0.2) is 0 Å². The van der Waals surface area contributed by atoms with Crippen molar-refractivity contribution in [3.05, 3.63) is 47.5 Å². The molecule has 0 unspecified atom stereocenters. The van der Waals surface area contributed by atoms with Crippen molar-refractivity contribution in [3.8, 4) is 5.75 Å². The molecule has 2 aromatic rings. The molecular formula is C20H30B2N2O4. The van der Waals surface area contributed by atoms with Crippen LogP contribution in [-0.2, 0) is 15.9 Å². The summed E-state index contributed by atoms with van der Waals surface area (Å²) < 4.78 is 17.4. The highest BCUT2D eigenvalue weighted by Crippen LogP contribution is 2.16. The molecule has 6 nitrogen and oxygen atoms in total. The van der Waals surface area contributed by atoms with Crippen molar-refractivity contribution in [1.29, 1.82) is 0 Å². The maximum atomic E-state index is 9.68. The van der Waals surface area contributed by atoms with Gasteiger partial charge in [0.1, 0.15) is 5.75 Å². The minimum atomic E-state index is -0.348. The molecule has 0 fully saturated rings. The smallest absolute Gasteiger partial charge is 0.365 e. The van der Waals surface area contributed by atoms with Crippen LogP contribution in [0.15, 0.2) is 36.4 Å². The average Bonchev–Trinajstić information content (AvgIpc) is 2.73. The van der Waals surface area contributed by atoms with Crippen molar-refractivity contribution >= 4 is 30.2 Å². The zero-order chi connectivity index (χ0) is 20.5. The quantitative estimate of drug-likeness (QED) is 0.447. The molecule has 0 radical (unpaired) electrons. The highest BCUT2D eigenvalue weighted by molar-refractivity contribution is 6.81. The van der Waals surface area contributed by atoms with Crippen molar-refractivity contribution in [2.45, 2.75) is 20.4 Å². The molecule has 0 aliphatic heterocycles. The molecule has 0 aromatic heterocycles. The topological polar surface area (TPSA) is 100.0 Å². The van der Waals surface area contributed by atoms with Crippen LogP contribution in [0.4, 0.5) is 0 Å². The van der Waals surface area contributed by atoms with Gasteiger partial charge in [-0.3, -0.25) is 0 Å². The first-order valence-electron chi connectivity index (χ1n) is 9.57. The van der Waals surface area contributed by atoms with Gasteiger partial charge in [-0.2, -0.15) is 0 Å². The van der Waals surface area contributed by atoms with E-state index < -0.39 is 0 Å². The molecule has 0 atom stereocenters. The number of rotatable bonds is 11. The van der Waals surface area contributed by atoms with Gasteiger partial charge in [0, 0.05) is 26.3 Å². The third-order valence-corrected chi connectivity index (χ3v) is 4.74. The summed E-state index contributed by atoms with van der Waals surface area (Å²) in [6, 6.07) is 12.0. The van der Waals surface area contributed by atoms with E-state index in [1.807, 2.05) is 50.1 Å². The molecule has 0 saturated carbocycles. The number of methoxy groups -OCH3 is 1. The van der Waals surface area contributed by atoms with Gasteiger partial charge in [0.2, 0.25) is 0 Å². The number of ether oxygens (including phenoxy) is 1. The SMILES string of the molecule is COc1cc(C)c(CO)cc1B(OCCN)c1ccc(B(C)OCCN)cc1. The lowest BCUT2D eigenvalue weighted by atomic mass is 9.53. The lowest BCUT2D eigenvalue weighted by molar-refractivity contribution is 0.281. The summed E-state index contributed by atoms with van der Waals surface area (Å²) in [5, 5.41) is 9.68. The van der Waals surface area contributed by atoms with Crippen LogP contribution in [-0.4, -0.2) is 52.4 Å². The van der Waals surface area contributed by atoms with Gasteiger partial charge in [-0.15, -0.1) is 0 Å². The van der Waals surface area contributed by atoms with Crippen LogP contribution in [0.2, 0.25) is 6.82 Å². The fraction of sp³-hybridized carbons (Fsp3) is 0.400. The van der Waals surface area contributed by atoms with E-state index in [2.05, 4.69) is 0 Å². The summed E-state index contributed by atoms with van der Waals surface area (Å²) >= 11 is 0. The van der Waals surface area contributed by atoms with E-state index >= 15 is 0 Å². The molecule has 150 valence electrons. The molecule has 8 heteroatoms. The molecule has 28 heavy (non-hydrogen) atoms. The monoisotopic (exact) mass is 384 g/mol. The van der Waals surface area contributed by atoms with Crippen LogP contribution in [0, 0.1) is 6.92 Å². The number of hydrogen-bond donors (Lipinski definition) is 3. The van der Waals surface area contributed by atoms with E-state index in [0.29, 0.717) is 26.3 Å². The number of aliphatic hydroxyl groups excluding tert-OH is 1.